The van der Waals surface area contributed by atoms with E-state index in [1.807, 2.05) is 18.0 Å². The minimum atomic E-state index is -0.0942. The zero-order valence-corrected chi connectivity index (χ0v) is 40.0. The lowest BCUT2D eigenvalue weighted by molar-refractivity contribution is 0.440. The first kappa shape index (κ1) is 42.8. The second-order valence-corrected chi connectivity index (χ2v) is 19.1. The van der Waals surface area contributed by atoms with Crippen LogP contribution in [0.5, 0.6) is 0 Å². The van der Waals surface area contributed by atoms with Gasteiger partial charge in [0.05, 0.1) is 22.3 Å². The number of para-hydroxylation sites is 7. The highest BCUT2D eigenvalue weighted by molar-refractivity contribution is 8.04. The maximum Gasteiger partial charge on any atom is 0.196 e. The third-order valence-electron chi connectivity index (χ3n) is 12.6. The Labute approximate surface area is 416 Å². The van der Waals surface area contributed by atoms with Crippen molar-refractivity contribution < 1.29 is 0 Å². The second-order valence-electron chi connectivity index (χ2n) is 17.0. The van der Waals surface area contributed by atoms with Crippen LogP contribution in [-0.4, -0.2) is 27.0 Å². The summed E-state index contributed by atoms with van der Waals surface area (Å²) in [7, 11) is 2.18. The standard InChI is InChI=1S/C61H47N7S2/c1-63-44-59(64(45-23-9-2-10-24-45)46-25-11-3-12-26-46)70-61(63)67(50-33-19-7-20-34-50)53-38-40-57-55(42-53)54-41-52(37-39-56(54)68(57)51-35-21-8-22-36-51)65(47-27-13-4-14-28-47)58-43-62-60(69-58)66(48-29-15-5-16-30-48)49-31-17-6-18-32-49/h2-44,61H,1H3. The highest BCUT2D eigenvalue weighted by Gasteiger charge is 2.34. The molecular formula is C61H47N7S2. The summed E-state index contributed by atoms with van der Waals surface area (Å²) in [5, 5.41) is 5.33. The summed E-state index contributed by atoms with van der Waals surface area (Å²) < 4.78 is 2.40. The quantitative estimate of drug-likeness (QED) is 0.114. The number of anilines is 10. The third-order valence-corrected chi connectivity index (χ3v) is 14.9. The molecule has 0 fully saturated rings. The van der Waals surface area contributed by atoms with Crippen LogP contribution in [0.15, 0.2) is 266 Å². The van der Waals surface area contributed by atoms with Crippen LogP contribution in [0.4, 0.5) is 55.6 Å². The topological polar surface area (TPSA) is 34.0 Å². The van der Waals surface area contributed by atoms with Crippen molar-refractivity contribution >= 4 is 101 Å². The van der Waals surface area contributed by atoms with Crippen LogP contribution in [-0.2, 0) is 0 Å². The molecule has 0 N–H and O–H groups in total. The van der Waals surface area contributed by atoms with Gasteiger partial charge in [0.15, 0.2) is 10.6 Å². The summed E-state index contributed by atoms with van der Waals surface area (Å²) >= 11 is 3.52. The smallest absolute Gasteiger partial charge is 0.196 e. The molecule has 0 saturated heterocycles. The molecule has 0 radical (unpaired) electrons. The van der Waals surface area contributed by atoms with Crippen molar-refractivity contribution in [2.45, 2.75) is 5.50 Å². The third kappa shape index (κ3) is 8.11. The Morgan fingerprint density at radius 3 is 1.33 bits per heavy atom. The molecule has 0 aliphatic carbocycles. The fourth-order valence-electron chi connectivity index (χ4n) is 9.47. The zero-order valence-electron chi connectivity index (χ0n) is 38.4. The summed E-state index contributed by atoms with van der Waals surface area (Å²) in [6.45, 7) is 0. The van der Waals surface area contributed by atoms with Crippen molar-refractivity contribution in [1.29, 1.82) is 0 Å². The second kappa shape index (κ2) is 18.9. The van der Waals surface area contributed by atoms with Gasteiger partial charge in [-0.15, -0.1) is 0 Å². The van der Waals surface area contributed by atoms with Gasteiger partial charge in [0.2, 0.25) is 0 Å². The number of hydrogen-bond donors (Lipinski definition) is 0. The Bertz CT molecular complexity index is 3480. The lowest BCUT2D eigenvalue weighted by Gasteiger charge is -2.35. The van der Waals surface area contributed by atoms with E-state index in [9.17, 15) is 0 Å². The Morgan fingerprint density at radius 2 is 0.829 bits per heavy atom. The number of hydrogen-bond acceptors (Lipinski definition) is 8. The van der Waals surface area contributed by atoms with Crippen molar-refractivity contribution in [3.05, 3.63) is 266 Å². The summed E-state index contributed by atoms with van der Waals surface area (Å²) in [6.07, 6.45) is 4.28. The molecule has 70 heavy (non-hydrogen) atoms. The van der Waals surface area contributed by atoms with Crippen LogP contribution in [0, 0.1) is 0 Å². The van der Waals surface area contributed by atoms with E-state index in [0.29, 0.717) is 0 Å². The van der Waals surface area contributed by atoms with Gasteiger partial charge in [-0.05, 0) is 121 Å². The Morgan fingerprint density at radius 1 is 0.414 bits per heavy atom. The average molecular weight is 942 g/mol. The molecule has 1 aliphatic heterocycles. The van der Waals surface area contributed by atoms with Crippen molar-refractivity contribution in [1.82, 2.24) is 14.5 Å². The van der Waals surface area contributed by atoms with E-state index in [1.54, 1.807) is 11.3 Å². The van der Waals surface area contributed by atoms with Crippen LogP contribution < -0.4 is 19.6 Å². The number of rotatable bonds is 13. The largest absolute Gasteiger partial charge is 0.349 e. The van der Waals surface area contributed by atoms with Gasteiger partial charge in [0, 0.05) is 75.2 Å². The maximum absolute atomic E-state index is 5.13. The molecule has 1 unspecified atom stereocenters. The Kier molecular flexibility index (Phi) is 11.6. The van der Waals surface area contributed by atoms with E-state index in [0.717, 1.165) is 88.2 Å². The van der Waals surface area contributed by atoms with E-state index in [-0.39, 0.29) is 5.50 Å². The fourth-order valence-corrected chi connectivity index (χ4v) is 11.8. The van der Waals surface area contributed by atoms with E-state index in [1.165, 1.54) is 0 Å². The number of aromatic nitrogens is 2. The van der Waals surface area contributed by atoms with Crippen LogP contribution >= 0.6 is 23.1 Å². The molecule has 1 atom stereocenters. The molecule has 9 aromatic carbocycles. The van der Waals surface area contributed by atoms with Gasteiger partial charge < -0.3 is 24.2 Å². The van der Waals surface area contributed by atoms with E-state index >= 15 is 0 Å². The molecule has 0 saturated carbocycles. The van der Waals surface area contributed by atoms with Gasteiger partial charge in [0.1, 0.15) is 5.00 Å². The summed E-state index contributed by atoms with van der Waals surface area (Å²) in [5.74, 6) is 0. The van der Waals surface area contributed by atoms with Crippen LogP contribution in [0.25, 0.3) is 27.5 Å². The molecule has 9 heteroatoms. The van der Waals surface area contributed by atoms with Crippen LogP contribution in [0.3, 0.4) is 0 Å². The van der Waals surface area contributed by atoms with Crippen molar-refractivity contribution in [2.75, 3.05) is 26.6 Å². The van der Waals surface area contributed by atoms with Gasteiger partial charge in [0.25, 0.3) is 0 Å². The van der Waals surface area contributed by atoms with E-state index < -0.39 is 0 Å². The molecule has 0 bridgehead atoms. The Balaban J connectivity index is 0.999. The molecule has 0 amide bonds. The number of thiazole rings is 1. The van der Waals surface area contributed by atoms with Gasteiger partial charge in [-0.1, -0.05) is 150 Å². The molecule has 1 aliphatic rings. The fraction of sp³-hybridized carbons (Fsp3) is 0.0328. The minimum absolute atomic E-state index is 0.0942. The molecular weight excluding hydrogens is 895 g/mol. The summed E-state index contributed by atoms with van der Waals surface area (Å²) in [5.41, 5.74) is 11.9. The lowest BCUT2D eigenvalue weighted by atomic mass is 10.1. The molecule has 7 nitrogen and oxygen atoms in total. The van der Waals surface area contributed by atoms with Crippen LogP contribution in [0.1, 0.15) is 0 Å². The molecule has 2 aromatic heterocycles. The van der Waals surface area contributed by atoms with Crippen molar-refractivity contribution in [3.63, 3.8) is 0 Å². The first-order chi connectivity index (χ1) is 34.7. The molecule has 12 rings (SSSR count). The highest BCUT2D eigenvalue weighted by atomic mass is 32.2. The van der Waals surface area contributed by atoms with Gasteiger partial charge >= 0.3 is 0 Å². The zero-order chi connectivity index (χ0) is 46.8. The maximum atomic E-state index is 5.13. The average Bonchev–Trinajstić information content (AvgIpc) is 4.14. The highest BCUT2D eigenvalue weighted by Crippen LogP contribution is 2.48. The molecule has 3 heterocycles. The summed E-state index contributed by atoms with van der Waals surface area (Å²) in [4.78, 5) is 16.9. The predicted octanol–water partition coefficient (Wildman–Crippen LogP) is 16.9. The van der Waals surface area contributed by atoms with E-state index in [2.05, 4.69) is 291 Å². The van der Waals surface area contributed by atoms with Gasteiger partial charge in [-0.3, -0.25) is 4.90 Å². The Hall–Kier alpha value is -8.50. The van der Waals surface area contributed by atoms with Crippen molar-refractivity contribution in [3.8, 4) is 5.69 Å². The normalized spacial score (nSPS) is 13.4. The first-order valence-corrected chi connectivity index (χ1v) is 25.1. The first-order valence-electron chi connectivity index (χ1n) is 23.4. The van der Waals surface area contributed by atoms with Gasteiger partial charge in [-0.2, -0.15) is 0 Å². The minimum Gasteiger partial charge on any atom is -0.349 e. The van der Waals surface area contributed by atoms with Gasteiger partial charge in [-0.25, -0.2) is 4.98 Å². The number of benzene rings is 9. The summed E-state index contributed by atoms with van der Waals surface area (Å²) in [6, 6.07) is 88.2. The van der Waals surface area contributed by atoms with Crippen molar-refractivity contribution in [2.24, 2.45) is 0 Å². The monoisotopic (exact) mass is 941 g/mol. The molecule has 11 aromatic rings. The lowest BCUT2D eigenvalue weighted by Crippen LogP contribution is -2.37. The SMILES string of the molecule is CN1C=C(N(c2ccccc2)c2ccccc2)SC1N(c1ccccc1)c1ccc2c(c1)c1cc(N(c3ccccc3)c3cnc(N(c4ccccc4)c4ccccc4)s3)ccc1n2-c1ccccc1. The predicted molar refractivity (Wildman–Crippen MR) is 297 cm³/mol. The molecule has 338 valence electrons. The van der Waals surface area contributed by atoms with E-state index in [4.69, 9.17) is 4.98 Å². The molecule has 0 spiro atoms. The number of fused-ring (bicyclic) bond motifs is 3. The number of thioether (sulfide) groups is 1. The van der Waals surface area contributed by atoms with Crippen LogP contribution in [0.2, 0.25) is 0 Å². The number of nitrogens with zero attached hydrogens (tertiary/aromatic N) is 7.